The molecule has 0 saturated carbocycles. The van der Waals surface area contributed by atoms with Crippen molar-refractivity contribution in [1.82, 2.24) is 24.9 Å². The lowest BCUT2D eigenvalue weighted by molar-refractivity contribution is -0.108. The summed E-state index contributed by atoms with van der Waals surface area (Å²) in [6, 6.07) is 5.24. The Morgan fingerprint density at radius 1 is 1.10 bits per heavy atom. The van der Waals surface area contributed by atoms with Gasteiger partial charge in [0.15, 0.2) is 11.6 Å². The summed E-state index contributed by atoms with van der Waals surface area (Å²) in [7, 11) is 3.08. The number of hydrogen-bond donors (Lipinski definition) is 0. The van der Waals surface area contributed by atoms with E-state index in [0.29, 0.717) is 44.5 Å². The monoisotopic (exact) mass is 546 g/mol. The Labute approximate surface area is 226 Å². The molecule has 0 saturated heterocycles. The number of rotatable bonds is 4. The Hall–Kier alpha value is -4.45. The van der Waals surface area contributed by atoms with Crippen molar-refractivity contribution in [3.8, 4) is 22.2 Å². The molecule has 198 valence electrons. The van der Waals surface area contributed by atoms with Gasteiger partial charge < -0.3 is 14.2 Å². The molecule has 0 spiro atoms. The van der Waals surface area contributed by atoms with Crippen molar-refractivity contribution in [1.29, 1.82) is 0 Å². The van der Waals surface area contributed by atoms with Gasteiger partial charge in [-0.25, -0.2) is 34.1 Å². The SMILES string of the molecule is COc1cnc2c(-c3nc4cc(F)c5c(c4s3)C[C@](C)(OC(=O)N(C)c3cnc(C)nc3)O5)cc(C)cc2n1. The zero-order chi connectivity index (χ0) is 27.5. The molecule has 0 unspecified atom stereocenters. The summed E-state index contributed by atoms with van der Waals surface area (Å²) >= 11 is 1.40. The number of ether oxygens (including phenoxy) is 3. The van der Waals surface area contributed by atoms with Crippen LogP contribution in [-0.2, 0) is 11.2 Å². The van der Waals surface area contributed by atoms with Crippen LogP contribution in [0.25, 0.3) is 31.8 Å². The van der Waals surface area contributed by atoms with E-state index in [2.05, 4.69) is 19.9 Å². The Balaban J connectivity index is 1.35. The maximum Gasteiger partial charge on any atom is 0.417 e. The molecule has 3 aromatic heterocycles. The first-order valence-electron chi connectivity index (χ1n) is 12.0. The van der Waals surface area contributed by atoms with Crippen molar-refractivity contribution in [2.45, 2.75) is 33.0 Å². The number of thiazole rings is 1. The maximum atomic E-state index is 15.2. The van der Waals surface area contributed by atoms with E-state index >= 15 is 4.39 Å². The minimum atomic E-state index is -1.42. The van der Waals surface area contributed by atoms with E-state index in [1.807, 2.05) is 19.1 Å². The minimum Gasteiger partial charge on any atom is -0.480 e. The third kappa shape index (κ3) is 4.36. The lowest BCUT2D eigenvalue weighted by Gasteiger charge is -2.27. The molecule has 39 heavy (non-hydrogen) atoms. The van der Waals surface area contributed by atoms with Gasteiger partial charge in [0.05, 0.1) is 59.1 Å². The highest BCUT2D eigenvalue weighted by atomic mass is 32.1. The predicted molar refractivity (Wildman–Crippen MR) is 144 cm³/mol. The zero-order valence-electron chi connectivity index (χ0n) is 21.8. The number of aryl methyl sites for hydroxylation is 2. The van der Waals surface area contributed by atoms with Crippen LogP contribution in [0, 0.1) is 19.7 Å². The number of aromatic nitrogens is 5. The second kappa shape index (κ2) is 9.09. The number of carbonyl (C=O) groups is 1. The van der Waals surface area contributed by atoms with Gasteiger partial charge in [-0.3, -0.25) is 4.90 Å². The molecule has 1 aliphatic rings. The van der Waals surface area contributed by atoms with Gasteiger partial charge in [0.1, 0.15) is 10.8 Å². The van der Waals surface area contributed by atoms with Gasteiger partial charge in [-0.2, -0.15) is 0 Å². The highest BCUT2D eigenvalue weighted by molar-refractivity contribution is 7.22. The van der Waals surface area contributed by atoms with Crippen LogP contribution in [-0.4, -0.2) is 51.0 Å². The van der Waals surface area contributed by atoms with Crippen molar-refractivity contribution >= 4 is 44.4 Å². The summed E-state index contributed by atoms with van der Waals surface area (Å²) in [6.45, 7) is 5.32. The van der Waals surface area contributed by atoms with Gasteiger partial charge in [0.2, 0.25) is 5.88 Å². The van der Waals surface area contributed by atoms with Crippen LogP contribution >= 0.6 is 11.3 Å². The molecule has 12 heteroatoms. The molecule has 1 aliphatic heterocycles. The van der Waals surface area contributed by atoms with Crippen molar-refractivity contribution in [2.24, 2.45) is 0 Å². The molecule has 1 atom stereocenters. The first-order valence-corrected chi connectivity index (χ1v) is 12.8. The molecule has 2 aromatic carbocycles. The van der Waals surface area contributed by atoms with E-state index in [4.69, 9.17) is 19.2 Å². The van der Waals surface area contributed by atoms with Crippen LogP contribution in [0.15, 0.2) is 36.8 Å². The number of amides is 1. The molecular formula is C27H23FN6O4S. The van der Waals surface area contributed by atoms with E-state index in [1.54, 1.807) is 27.1 Å². The van der Waals surface area contributed by atoms with Crippen molar-refractivity contribution in [3.63, 3.8) is 0 Å². The molecular weight excluding hydrogens is 523 g/mol. The van der Waals surface area contributed by atoms with Gasteiger partial charge >= 0.3 is 6.09 Å². The van der Waals surface area contributed by atoms with E-state index in [-0.39, 0.29) is 12.2 Å². The van der Waals surface area contributed by atoms with Gasteiger partial charge in [0.25, 0.3) is 5.79 Å². The number of nitrogens with zero attached hydrogens (tertiary/aromatic N) is 6. The third-order valence-electron chi connectivity index (χ3n) is 6.44. The summed E-state index contributed by atoms with van der Waals surface area (Å²) in [4.78, 5) is 36.2. The average Bonchev–Trinajstić information content (AvgIpc) is 3.49. The number of benzene rings is 2. The Morgan fingerprint density at radius 3 is 2.62 bits per heavy atom. The van der Waals surface area contributed by atoms with Crippen molar-refractivity contribution in [2.75, 3.05) is 19.1 Å². The summed E-state index contributed by atoms with van der Waals surface area (Å²) in [5.74, 6) is -0.956. The number of fused-ring (bicyclic) bond motifs is 4. The summed E-state index contributed by atoms with van der Waals surface area (Å²) in [6.07, 6.45) is 4.06. The molecule has 1 amide bonds. The molecule has 0 aliphatic carbocycles. The molecule has 0 fully saturated rings. The molecule has 10 nitrogen and oxygen atoms in total. The summed E-state index contributed by atoms with van der Waals surface area (Å²) < 4.78 is 32.8. The number of hydrogen-bond acceptors (Lipinski definition) is 10. The second-order valence-corrected chi connectivity index (χ2v) is 10.5. The van der Waals surface area contributed by atoms with Gasteiger partial charge in [-0.1, -0.05) is 0 Å². The lowest BCUT2D eigenvalue weighted by Crippen LogP contribution is -2.41. The minimum absolute atomic E-state index is 0.0490. The van der Waals surface area contributed by atoms with Crippen LogP contribution in [0.4, 0.5) is 14.9 Å². The van der Waals surface area contributed by atoms with E-state index in [9.17, 15) is 4.79 Å². The fraction of sp³-hybridized carbons (Fsp3) is 0.259. The van der Waals surface area contributed by atoms with Crippen molar-refractivity contribution in [3.05, 3.63) is 59.6 Å². The quantitative estimate of drug-likeness (QED) is 0.293. The van der Waals surface area contributed by atoms with Gasteiger partial charge in [-0.15, -0.1) is 11.3 Å². The molecule has 0 radical (unpaired) electrons. The first-order chi connectivity index (χ1) is 18.6. The van der Waals surface area contributed by atoms with Crippen LogP contribution in [0.2, 0.25) is 0 Å². The van der Waals surface area contributed by atoms with E-state index < -0.39 is 17.7 Å². The Kier molecular flexibility index (Phi) is 5.79. The maximum absolute atomic E-state index is 15.2. The molecule has 0 N–H and O–H groups in total. The van der Waals surface area contributed by atoms with Crippen LogP contribution < -0.4 is 14.4 Å². The van der Waals surface area contributed by atoms with Gasteiger partial charge in [-0.05, 0) is 31.5 Å². The number of halogens is 1. The number of methoxy groups -OCH3 is 1. The fourth-order valence-corrected chi connectivity index (χ4v) is 5.62. The first kappa shape index (κ1) is 24.9. The highest BCUT2D eigenvalue weighted by Crippen LogP contribution is 2.46. The Bertz CT molecular complexity index is 1780. The molecule has 5 aromatic rings. The number of carbonyl (C=O) groups excluding carboxylic acids is 1. The van der Waals surface area contributed by atoms with Crippen LogP contribution in [0.1, 0.15) is 23.9 Å². The molecule has 0 bridgehead atoms. The number of anilines is 1. The predicted octanol–water partition coefficient (Wildman–Crippen LogP) is 5.39. The second-order valence-electron chi connectivity index (χ2n) is 9.45. The van der Waals surface area contributed by atoms with E-state index in [1.165, 1.54) is 41.8 Å². The molecule has 6 rings (SSSR count). The third-order valence-corrected chi connectivity index (χ3v) is 7.60. The Morgan fingerprint density at radius 2 is 1.87 bits per heavy atom. The topological polar surface area (TPSA) is 112 Å². The fourth-order valence-electron chi connectivity index (χ4n) is 4.52. The average molecular weight is 547 g/mol. The normalized spacial score (nSPS) is 16.3. The van der Waals surface area contributed by atoms with Crippen molar-refractivity contribution < 1.29 is 23.4 Å². The van der Waals surface area contributed by atoms with Crippen LogP contribution in [0.5, 0.6) is 11.6 Å². The zero-order valence-corrected chi connectivity index (χ0v) is 22.6. The van der Waals surface area contributed by atoms with E-state index in [0.717, 1.165) is 15.8 Å². The largest absolute Gasteiger partial charge is 0.480 e. The van der Waals surface area contributed by atoms with Crippen LogP contribution in [0.3, 0.4) is 0 Å². The standard InChI is InChI=1S/C27H23FN6O4S/c1-13-6-16(22-19(7-13)32-21(36-5)12-31-22)25-33-20-8-18(28)23-17(24(20)39-25)9-27(3,37-23)38-26(35)34(4)15-10-29-14(2)30-11-15/h6-8,10-12H,9H2,1-5H3/t27-/m0/s1. The summed E-state index contributed by atoms with van der Waals surface area (Å²) in [5.41, 5.74) is 4.62. The smallest absolute Gasteiger partial charge is 0.417 e. The highest BCUT2D eigenvalue weighted by Gasteiger charge is 2.43. The molecule has 4 heterocycles. The van der Waals surface area contributed by atoms with Gasteiger partial charge in [0, 0.05) is 31.2 Å². The summed E-state index contributed by atoms with van der Waals surface area (Å²) in [5, 5.41) is 0.663. The lowest BCUT2D eigenvalue weighted by atomic mass is 10.1.